The molecular weight excluding hydrogens is 262 g/mol. The van der Waals surface area contributed by atoms with Crippen LogP contribution in [0, 0.1) is 12.8 Å². The Morgan fingerprint density at radius 1 is 1.48 bits per heavy atom. The summed E-state index contributed by atoms with van der Waals surface area (Å²) in [6, 6.07) is 4.16. The molecule has 1 N–H and O–H groups in total. The molecule has 2 rings (SSSR count). The van der Waals surface area contributed by atoms with Crippen molar-refractivity contribution in [1.29, 1.82) is 0 Å². The molecule has 0 radical (unpaired) electrons. The Kier molecular flexibility index (Phi) is 5.21. The Hall–Kier alpha value is -1.58. The van der Waals surface area contributed by atoms with Crippen LogP contribution in [0.5, 0.6) is 0 Å². The van der Waals surface area contributed by atoms with Crippen molar-refractivity contribution in [3.8, 4) is 0 Å². The van der Waals surface area contributed by atoms with Crippen molar-refractivity contribution in [3.05, 3.63) is 23.4 Å². The highest BCUT2D eigenvalue weighted by Crippen LogP contribution is 2.26. The Bertz CT molecular complexity index is 499. The molecular formula is C17H27N3O. The number of likely N-dealkylation sites (tertiary alicyclic amines) is 1. The molecule has 4 heteroatoms. The van der Waals surface area contributed by atoms with Crippen LogP contribution in [0.3, 0.4) is 0 Å². The number of aromatic nitrogens is 1. The first-order valence-corrected chi connectivity index (χ1v) is 8.06. The van der Waals surface area contributed by atoms with E-state index in [4.69, 9.17) is 0 Å². The fourth-order valence-electron chi connectivity index (χ4n) is 3.04. The predicted molar refractivity (Wildman–Crippen MR) is 86.7 cm³/mol. The van der Waals surface area contributed by atoms with Crippen molar-refractivity contribution < 1.29 is 4.79 Å². The first-order chi connectivity index (χ1) is 10.0. The summed E-state index contributed by atoms with van der Waals surface area (Å²) in [5, 5.41) is 3.27. The van der Waals surface area contributed by atoms with Gasteiger partial charge in [-0.3, -0.25) is 4.79 Å². The summed E-state index contributed by atoms with van der Waals surface area (Å²) in [5.41, 5.74) is 1.65. The molecule has 1 unspecified atom stereocenters. The van der Waals surface area contributed by atoms with Crippen LogP contribution in [0.25, 0.3) is 0 Å². The van der Waals surface area contributed by atoms with E-state index in [2.05, 4.69) is 31.1 Å². The molecule has 1 aromatic heterocycles. The number of carbonyl (C=O) groups excluding carboxylic acids is 1. The molecule has 21 heavy (non-hydrogen) atoms. The zero-order chi connectivity index (χ0) is 15.4. The SMILES string of the molecule is CCCNc1cc(C(=O)N2CCCC2C(C)C)cc(C)n1. The van der Waals surface area contributed by atoms with Crippen LogP contribution in [0.2, 0.25) is 0 Å². The van der Waals surface area contributed by atoms with Crippen LogP contribution in [0.1, 0.15) is 56.1 Å². The summed E-state index contributed by atoms with van der Waals surface area (Å²) in [5.74, 6) is 1.47. The molecule has 4 nitrogen and oxygen atoms in total. The van der Waals surface area contributed by atoms with Crippen LogP contribution < -0.4 is 5.32 Å². The fourth-order valence-corrected chi connectivity index (χ4v) is 3.04. The molecule has 1 aromatic rings. The minimum Gasteiger partial charge on any atom is -0.370 e. The van der Waals surface area contributed by atoms with Gasteiger partial charge in [-0.25, -0.2) is 4.98 Å². The van der Waals surface area contributed by atoms with E-state index in [1.54, 1.807) is 0 Å². The number of pyridine rings is 1. The molecule has 0 aliphatic carbocycles. The summed E-state index contributed by atoms with van der Waals surface area (Å²) in [6.07, 6.45) is 3.27. The number of hydrogen-bond acceptors (Lipinski definition) is 3. The quantitative estimate of drug-likeness (QED) is 0.902. The van der Waals surface area contributed by atoms with E-state index >= 15 is 0 Å². The van der Waals surface area contributed by atoms with Gasteiger partial charge in [-0.15, -0.1) is 0 Å². The van der Waals surface area contributed by atoms with Crippen LogP contribution >= 0.6 is 0 Å². The first-order valence-electron chi connectivity index (χ1n) is 8.06. The van der Waals surface area contributed by atoms with Gasteiger partial charge < -0.3 is 10.2 Å². The van der Waals surface area contributed by atoms with E-state index in [1.165, 1.54) is 0 Å². The number of carbonyl (C=O) groups is 1. The van der Waals surface area contributed by atoms with Crippen LogP contribution in [-0.4, -0.2) is 34.9 Å². The van der Waals surface area contributed by atoms with Gasteiger partial charge in [0.25, 0.3) is 5.91 Å². The fraction of sp³-hybridized carbons (Fsp3) is 0.647. The standard InChI is InChI=1S/C17H27N3O/c1-5-8-18-16-11-14(10-13(4)19-16)17(21)20-9-6-7-15(20)12(2)3/h10-12,15H,5-9H2,1-4H3,(H,18,19). The molecule has 1 aliphatic heterocycles. The van der Waals surface area contributed by atoms with Gasteiger partial charge >= 0.3 is 0 Å². The average molecular weight is 289 g/mol. The van der Waals surface area contributed by atoms with Crippen LogP contribution in [0.4, 0.5) is 5.82 Å². The van der Waals surface area contributed by atoms with Crippen molar-refractivity contribution in [2.75, 3.05) is 18.4 Å². The molecule has 1 amide bonds. The van der Waals surface area contributed by atoms with Crippen molar-refractivity contribution in [1.82, 2.24) is 9.88 Å². The first kappa shape index (κ1) is 15.8. The second-order valence-corrected chi connectivity index (χ2v) is 6.26. The van der Waals surface area contributed by atoms with E-state index in [1.807, 2.05) is 24.0 Å². The van der Waals surface area contributed by atoms with E-state index < -0.39 is 0 Å². The average Bonchev–Trinajstić information content (AvgIpc) is 2.93. The lowest BCUT2D eigenvalue weighted by atomic mass is 10.0. The van der Waals surface area contributed by atoms with Crippen molar-refractivity contribution in [2.24, 2.45) is 5.92 Å². The minimum absolute atomic E-state index is 0.149. The third-order valence-corrected chi connectivity index (χ3v) is 4.09. The molecule has 2 heterocycles. The number of nitrogens with zero attached hydrogens (tertiary/aromatic N) is 2. The third-order valence-electron chi connectivity index (χ3n) is 4.09. The van der Waals surface area contributed by atoms with E-state index in [-0.39, 0.29) is 5.91 Å². The molecule has 0 bridgehead atoms. The van der Waals surface area contributed by atoms with Gasteiger partial charge in [-0.05, 0) is 44.2 Å². The van der Waals surface area contributed by atoms with Crippen LogP contribution in [-0.2, 0) is 0 Å². The van der Waals surface area contributed by atoms with Gasteiger partial charge in [0.05, 0.1) is 0 Å². The number of amides is 1. The predicted octanol–water partition coefficient (Wildman–Crippen LogP) is 3.47. The molecule has 1 fully saturated rings. The topological polar surface area (TPSA) is 45.2 Å². The minimum atomic E-state index is 0.149. The van der Waals surface area contributed by atoms with E-state index in [0.717, 1.165) is 49.4 Å². The third kappa shape index (κ3) is 3.74. The number of rotatable bonds is 5. The lowest BCUT2D eigenvalue weighted by Gasteiger charge is -2.28. The van der Waals surface area contributed by atoms with Crippen molar-refractivity contribution >= 4 is 11.7 Å². The maximum atomic E-state index is 12.8. The maximum Gasteiger partial charge on any atom is 0.254 e. The molecule has 1 saturated heterocycles. The molecule has 0 saturated carbocycles. The van der Waals surface area contributed by atoms with Gasteiger partial charge in [0.15, 0.2) is 0 Å². The summed E-state index contributed by atoms with van der Waals surface area (Å²) in [4.78, 5) is 19.3. The normalized spacial score (nSPS) is 18.3. The van der Waals surface area contributed by atoms with E-state index in [0.29, 0.717) is 12.0 Å². The van der Waals surface area contributed by atoms with Crippen molar-refractivity contribution in [2.45, 2.75) is 53.0 Å². The van der Waals surface area contributed by atoms with Crippen molar-refractivity contribution in [3.63, 3.8) is 0 Å². The lowest BCUT2D eigenvalue weighted by molar-refractivity contribution is 0.0701. The lowest BCUT2D eigenvalue weighted by Crippen LogP contribution is -2.38. The smallest absolute Gasteiger partial charge is 0.254 e. The van der Waals surface area contributed by atoms with Crippen LogP contribution in [0.15, 0.2) is 12.1 Å². The highest BCUT2D eigenvalue weighted by molar-refractivity contribution is 5.95. The van der Waals surface area contributed by atoms with Gasteiger partial charge in [0.1, 0.15) is 5.82 Å². The monoisotopic (exact) mass is 289 g/mol. The number of anilines is 1. The zero-order valence-electron chi connectivity index (χ0n) is 13.6. The second-order valence-electron chi connectivity index (χ2n) is 6.26. The highest BCUT2D eigenvalue weighted by atomic mass is 16.2. The largest absolute Gasteiger partial charge is 0.370 e. The molecule has 0 aromatic carbocycles. The Morgan fingerprint density at radius 2 is 2.24 bits per heavy atom. The Labute approximate surface area is 127 Å². The van der Waals surface area contributed by atoms with Gasteiger partial charge in [0.2, 0.25) is 0 Å². The van der Waals surface area contributed by atoms with Gasteiger partial charge in [-0.1, -0.05) is 20.8 Å². The highest BCUT2D eigenvalue weighted by Gasteiger charge is 2.31. The molecule has 0 spiro atoms. The van der Waals surface area contributed by atoms with Gasteiger partial charge in [-0.2, -0.15) is 0 Å². The zero-order valence-corrected chi connectivity index (χ0v) is 13.6. The van der Waals surface area contributed by atoms with Gasteiger partial charge in [0, 0.05) is 30.4 Å². The second kappa shape index (κ2) is 6.92. The van der Waals surface area contributed by atoms with E-state index in [9.17, 15) is 4.79 Å². The number of aryl methyl sites for hydroxylation is 1. The Morgan fingerprint density at radius 3 is 2.90 bits per heavy atom. The summed E-state index contributed by atoms with van der Waals surface area (Å²) < 4.78 is 0. The molecule has 1 atom stereocenters. The molecule has 116 valence electrons. The summed E-state index contributed by atoms with van der Waals surface area (Å²) in [7, 11) is 0. The number of hydrogen-bond donors (Lipinski definition) is 1. The maximum absolute atomic E-state index is 12.8. The Balaban J connectivity index is 2.20. The molecule has 1 aliphatic rings. The number of nitrogens with one attached hydrogen (secondary N) is 1. The summed E-state index contributed by atoms with van der Waals surface area (Å²) >= 11 is 0. The summed E-state index contributed by atoms with van der Waals surface area (Å²) in [6.45, 7) is 10.2.